The van der Waals surface area contributed by atoms with Crippen LogP contribution in [0.15, 0.2) is 12.2 Å². The van der Waals surface area contributed by atoms with Gasteiger partial charge in [-0.1, -0.05) is 12.2 Å². The number of rotatable bonds is 3. The first kappa shape index (κ1) is 13.1. The maximum Gasteiger partial charge on any atom is 0.131 e. The Balaban J connectivity index is 2.62. The van der Waals surface area contributed by atoms with E-state index in [9.17, 15) is 4.79 Å². The molecule has 96 valence electrons. The van der Waals surface area contributed by atoms with Crippen molar-refractivity contribution in [3.05, 3.63) is 45.5 Å². The third kappa shape index (κ3) is 1.82. The van der Waals surface area contributed by atoms with Crippen molar-refractivity contribution in [3.63, 3.8) is 0 Å². The third-order valence-electron chi connectivity index (χ3n) is 4.58. The Labute approximate surface area is 110 Å². The summed E-state index contributed by atoms with van der Waals surface area (Å²) in [7, 11) is 0. The summed E-state index contributed by atoms with van der Waals surface area (Å²) in [6, 6.07) is 0. The number of hydrogen-bond acceptors (Lipinski definition) is 1. The van der Waals surface area contributed by atoms with Crippen LogP contribution >= 0.6 is 0 Å². The highest BCUT2D eigenvalue weighted by molar-refractivity contribution is 5.80. The Morgan fingerprint density at radius 2 is 1.28 bits per heavy atom. The van der Waals surface area contributed by atoms with Crippen LogP contribution in [0.5, 0.6) is 0 Å². The van der Waals surface area contributed by atoms with E-state index >= 15 is 0 Å². The summed E-state index contributed by atoms with van der Waals surface area (Å²) in [6.07, 6.45) is 4.96. The lowest BCUT2D eigenvalue weighted by atomic mass is 9.78. The number of ketones is 1. The van der Waals surface area contributed by atoms with Gasteiger partial charge in [0.25, 0.3) is 0 Å². The van der Waals surface area contributed by atoms with Gasteiger partial charge in [-0.15, -0.1) is 0 Å². The van der Waals surface area contributed by atoms with E-state index in [-0.39, 0.29) is 11.2 Å². The second-order valence-electron chi connectivity index (χ2n) is 5.75. The van der Waals surface area contributed by atoms with E-state index in [0.717, 1.165) is 0 Å². The average molecular weight is 242 g/mol. The molecule has 0 bridgehead atoms. The topological polar surface area (TPSA) is 17.1 Å². The molecule has 18 heavy (non-hydrogen) atoms. The SMILES string of the molecule is CC(=O)CC1(c2c(C)c(C)c(C)c(C)c2C)C=C1. The molecule has 0 aromatic heterocycles. The van der Waals surface area contributed by atoms with Gasteiger partial charge in [-0.3, -0.25) is 4.79 Å². The summed E-state index contributed by atoms with van der Waals surface area (Å²) in [6.45, 7) is 12.6. The van der Waals surface area contributed by atoms with Gasteiger partial charge in [0.2, 0.25) is 0 Å². The Bertz CT molecular complexity index is 526. The first-order valence-corrected chi connectivity index (χ1v) is 6.57. The van der Waals surface area contributed by atoms with Crippen LogP contribution in [0, 0.1) is 34.6 Å². The number of allylic oxidation sites excluding steroid dienone is 2. The van der Waals surface area contributed by atoms with Crippen molar-refractivity contribution in [2.45, 2.75) is 53.4 Å². The van der Waals surface area contributed by atoms with Crippen LogP contribution in [-0.4, -0.2) is 5.78 Å². The van der Waals surface area contributed by atoms with Crippen molar-refractivity contribution >= 4 is 5.78 Å². The lowest BCUT2D eigenvalue weighted by molar-refractivity contribution is -0.117. The zero-order valence-corrected chi connectivity index (χ0v) is 12.3. The summed E-state index contributed by atoms with van der Waals surface area (Å²) in [4.78, 5) is 11.5. The number of benzene rings is 1. The Kier molecular flexibility index (Phi) is 2.96. The zero-order valence-electron chi connectivity index (χ0n) is 12.3. The van der Waals surface area contributed by atoms with Crippen LogP contribution < -0.4 is 0 Å². The van der Waals surface area contributed by atoms with E-state index in [1.807, 2.05) is 0 Å². The Hall–Kier alpha value is -1.37. The second kappa shape index (κ2) is 4.08. The van der Waals surface area contributed by atoms with Crippen molar-refractivity contribution in [1.29, 1.82) is 0 Å². The average Bonchev–Trinajstić information content (AvgIpc) is 3.03. The van der Waals surface area contributed by atoms with E-state index in [2.05, 4.69) is 46.8 Å². The first-order valence-electron chi connectivity index (χ1n) is 6.57. The highest BCUT2D eigenvalue weighted by atomic mass is 16.1. The predicted octanol–water partition coefficient (Wildman–Crippen LogP) is 4.02. The monoisotopic (exact) mass is 242 g/mol. The van der Waals surface area contributed by atoms with Gasteiger partial charge in [-0.25, -0.2) is 0 Å². The van der Waals surface area contributed by atoms with E-state index in [0.29, 0.717) is 6.42 Å². The smallest absolute Gasteiger partial charge is 0.131 e. The van der Waals surface area contributed by atoms with Gasteiger partial charge in [-0.2, -0.15) is 0 Å². The maximum atomic E-state index is 11.5. The fourth-order valence-electron chi connectivity index (χ4n) is 3.08. The van der Waals surface area contributed by atoms with Crippen molar-refractivity contribution in [2.75, 3.05) is 0 Å². The van der Waals surface area contributed by atoms with E-state index < -0.39 is 0 Å². The molecule has 0 N–H and O–H groups in total. The highest BCUT2D eigenvalue weighted by Gasteiger charge is 2.40. The molecular formula is C17H22O. The predicted molar refractivity (Wildman–Crippen MR) is 76.2 cm³/mol. The van der Waals surface area contributed by atoms with E-state index in [4.69, 9.17) is 0 Å². The summed E-state index contributed by atoms with van der Waals surface area (Å²) in [5.41, 5.74) is 8.09. The number of carbonyl (C=O) groups excluding carboxylic acids is 1. The van der Waals surface area contributed by atoms with Gasteiger partial charge in [-0.05, 0) is 74.9 Å². The van der Waals surface area contributed by atoms with Crippen LogP contribution in [0.3, 0.4) is 0 Å². The molecule has 0 radical (unpaired) electrons. The molecule has 0 saturated carbocycles. The molecule has 0 aliphatic heterocycles. The first-order chi connectivity index (χ1) is 8.30. The standard InChI is InChI=1S/C17H22O/c1-10(18)9-17(7-8-17)16-14(5)12(3)11(2)13(4)15(16)6/h7-8H,9H2,1-6H3. The van der Waals surface area contributed by atoms with E-state index in [1.165, 1.54) is 33.4 Å². The fourth-order valence-corrected chi connectivity index (χ4v) is 3.08. The van der Waals surface area contributed by atoms with Gasteiger partial charge in [0, 0.05) is 11.8 Å². The molecule has 0 saturated heterocycles. The minimum Gasteiger partial charge on any atom is -0.300 e. The molecule has 1 heteroatoms. The molecule has 1 aliphatic carbocycles. The zero-order chi connectivity index (χ0) is 13.7. The minimum absolute atomic E-state index is 0.0801. The molecule has 0 heterocycles. The van der Waals surface area contributed by atoms with Crippen LogP contribution in [0.2, 0.25) is 0 Å². The molecule has 1 aromatic carbocycles. The largest absolute Gasteiger partial charge is 0.300 e. The molecule has 0 unspecified atom stereocenters. The van der Waals surface area contributed by atoms with Crippen molar-refractivity contribution in [1.82, 2.24) is 0 Å². The number of carbonyl (C=O) groups is 1. The molecule has 0 spiro atoms. The number of Topliss-reactive ketones (excluding diaryl/α,β-unsaturated/α-hetero) is 1. The highest BCUT2D eigenvalue weighted by Crippen LogP contribution is 2.46. The molecule has 1 aliphatic rings. The third-order valence-corrected chi connectivity index (χ3v) is 4.58. The van der Waals surface area contributed by atoms with Crippen LogP contribution in [-0.2, 0) is 10.2 Å². The minimum atomic E-state index is -0.0801. The Morgan fingerprint density at radius 1 is 0.889 bits per heavy atom. The van der Waals surface area contributed by atoms with Gasteiger partial charge in [0.1, 0.15) is 5.78 Å². The van der Waals surface area contributed by atoms with Crippen molar-refractivity contribution in [3.8, 4) is 0 Å². The molecule has 1 aromatic rings. The van der Waals surface area contributed by atoms with Crippen LogP contribution in [0.25, 0.3) is 0 Å². The van der Waals surface area contributed by atoms with Crippen molar-refractivity contribution in [2.24, 2.45) is 0 Å². The molecule has 0 fully saturated rings. The summed E-state index contributed by atoms with van der Waals surface area (Å²) < 4.78 is 0. The molecule has 0 amide bonds. The van der Waals surface area contributed by atoms with Gasteiger partial charge in [0.05, 0.1) is 0 Å². The maximum absolute atomic E-state index is 11.5. The molecule has 1 nitrogen and oxygen atoms in total. The summed E-state index contributed by atoms with van der Waals surface area (Å²) in [5, 5.41) is 0. The normalized spacial score (nSPS) is 15.9. The van der Waals surface area contributed by atoms with Gasteiger partial charge < -0.3 is 0 Å². The molecule has 0 atom stereocenters. The van der Waals surface area contributed by atoms with Crippen LogP contribution in [0.1, 0.15) is 46.7 Å². The van der Waals surface area contributed by atoms with Crippen LogP contribution in [0.4, 0.5) is 0 Å². The number of hydrogen-bond donors (Lipinski definition) is 0. The lowest BCUT2D eigenvalue weighted by Gasteiger charge is -2.25. The lowest BCUT2D eigenvalue weighted by Crippen LogP contribution is -2.18. The van der Waals surface area contributed by atoms with E-state index in [1.54, 1.807) is 6.92 Å². The molecular weight excluding hydrogens is 220 g/mol. The molecule has 2 rings (SSSR count). The second-order valence-corrected chi connectivity index (χ2v) is 5.75. The van der Waals surface area contributed by atoms with Crippen molar-refractivity contribution < 1.29 is 4.79 Å². The quantitative estimate of drug-likeness (QED) is 0.732. The summed E-state index contributed by atoms with van der Waals surface area (Å²) >= 11 is 0. The summed E-state index contributed by atoms with van der Waals surface area (Å²) in [5.74, 6) is 0.259. The Morgan fingerprint density at radius 3 is 1.61 bits per heavy atom. The fraction of sp³-hybridized carbons (Fsp3) is 0.471. The van der Waals surface area contributed by atoms with Gasteiger partial charge in [0.15, 0.2) is 0 Å². The van der Waals surface area contributed by atoms with Gasteiger partial charge >= 0.3 is 0 Å².